The van der Waals surface area contributed by atoms with Crippen molar-refractivity contribution < 1.29 is 4.42 Å². The summed E-state index contributed by atoms with van der Waals surface area (Å²) >= 11 is 0. The Morgan fingerprint density at radius 1 is 0.545 bits per heavy atom. The lowest BCUT2D eigenvalue weighted by atomic mass is 9.43. The highest BCUT2D eigenvalue weighted by Crippen LogP contribution is 2.54. The van der Waals surface area contributed by atoms with Gasteiger partial charge >= 0.3 is 6.85 Å². The van der Waals surface area contributed by atoms with Gasteiger partial charge < -0.3 is 14.1 Å². The zero-order valence-electron chi connectivity index (χ0n) is 36.6. The second-order valence-electron chi connectivity index (χ2n) is 18.6. The second kappa shape index (κ2) is 13.9. The van der Waals surface area contributed by atoms with E-state index in [-0.39, 0.29) is 12.3 Å². The minimum absolute atomic E-state index is 0.217. The first-order valence-electron chi connectivity index (χ1n) is 23.0. The molecule has 4 aliphatic rings. The molecule has 10 aromatic rings. The lowest BCUT2D eigenvalue weighted by molar-refractivity contribution is 0.660. The molecule has 1 aromatic heterocycles. The lowest BCUT2D eigenvalue weighted by Crippen LogP contribution is -2.62. The first kappa shape index (κ1) is 37.2. The van der Waals surface area contributed by atoms with Crippen LogP contribution in [0, 0.1) is 11.8 Å². The Balaban J connectivity index is 1.13. The number of hydrogen-bond acceptors (Lipinski definition) is 3. The molecule has 0 radical (unpaired) electrons. The van der Waals surface area contributed by atoms with E-state index in [0.717, 1.165) is 44.7 Å². The molecule has 14 rings (SSSR count). The summed E-state index contributed by atoms with van der Waals surface area (Å²) in [7, 11) is 0. The van der Waals surface area contributed by atoms with E-state index < -0.39 is 0 Å². The van der Waals surface area contributed by atoms with Crippen LogP contribution < -0.4 is 20.6 Å². The Bertz CT molecular complexity index is 3830. The molecule has 0 fully saturated rings. The van der Waals surface area contributed by atoms with E-state index in [1.807, 2.05) is 0 Å². The van der Waals surface area contributed by atoms with E-state index in [9.17, 15) is 0 Å². The third kappa shape index (κ3) is 5.29. The number of hydrogen-bond donors (Lipinski definition) is 0. The number of furan rings is 1. The molecule has 0 atom stereocenters. The summed E-state index contributed by atoms with van der Waals surface area (Å²) in [6.45, 7) is 4.54. The van der Waals surface area contributed by atoms with Crippen molar-refractivity contribution >= 4 is 78.8 Å². The average molecular weight is 841 g/mol. The quantitative estimate of drug-likeness (QED) is 0.130. The van der Waals surface area contributed by atoms with Crippen molar-refractivity contribution in [3.63, 3.8) is 0 Å². The SMILES string of the molecule is CC1(C)c2ccccc2-c2cc3c(cc21)N(C1=CC=C(c2ccccc2)CC#C1)c1c2c(cc4c1oc1ccccc14)-c1cc4ccccc4cc1N(c1ccc(-c4ccccc4)cc1)B32. The van der Waals surface area contributed by atoms with E-state index in [4.69, 9.17) is 4.42 Å². The van der Waals surface area contributed by atoms with E-state index in [2.05, 4.69) is 236 Å². The predicted octanol–water partition coefficient (Wildman–Crippen LogP) is 14.5. The zero-order chi connectivity index (χ0) is 43.7. The van der Waals surface area contributed by atoms with E-state index in [0.29, 0.717) is 6.42 Å². The van der Waals surface area contributed by atoms with Gasteiger partial charge in [0.1, 0.15) is 5.58 Å². The number of fused-ring (bicyclic) bond motifs is 12. The zero-order valence-corrected chi connectivity index (χ0v) is 36.6. The molecule has 3 heterocycles. The standard InChI is InChI=1S/C62H41BN2O/c1-62(2)53-26-13-11-24-47(53)49-37-55-57(38-54(49)62)64(45-23-15-22-41(28-31-45)39-16-5-3-6-17-39)60-59-51(36-52-48-25-12-14-27-58(48)66-61(52)60)50-34-43-20-9-10-21-44(43)35-56(50)65(63(55)59)46-32-29-42(30-33-46)40-18-7-4-8-19-40/h3-14,16-21,24-38H,22H2,1-2H3. The molecular formula is C62H41BN2O. The largest absolute Gasteiger partial charge is 0.454 e. The van der Waals surface area contributed by atoms with Crippen LogP contribution in [0.1, 0.15) is 37.0 Å². The molecule has 308 valence electrons. The van der Waals surface area contributed by atoms with Crippen LogP contribution in [0.3, 0.4) is 0 Å². The smallest absolute Gasteiger partial charge is 0.333 e. The number of benzene rings is 9. The Morgan fingerprint density at radius 3 is 2.06 bits per heavy atom. The highest BCUT2D eigenvalue weighted by atomic mass is 16.3. The van der Waals surface area contributed by atoms with Gasteiger partial charge in [-0.05, 0) is 126 Å². The molecule has 0 saturated heterocycles. The summed E-state index contributed by atoms with van der Waals surface area (Å²) in [5.41, 5.74) is 21.8. The average Bonchev–Trinajstić information content (AvgIpc) is 3.71. The Kier molecular flexibility index (Phi) is 7.81. The maximum Gasteiger partial charge on any atom is 0.333 e. The fourth-order valence-electron chi connectivity index (χ4n) is 11.5. The van der Waals surface area contributed by atoms with E-state index >= 15 is 0 Å². The molecular weight excluding hydrogens is 800 g/mol. The van der Waals surface area contributed by atoms with Crippen molar-refractivity contribution in [3.8, 4) is 45.2 Å². The van der Waals surface area contributed by atoms with Crippen LogP contribution >= 0.6 is 0 Å². The number of nitrogens with zero attached hydrogens (tertiary/aromatic N) is 2. The van der Waals surface area contributed by atoms with Crippen LogP contribution in [0.15, 0.2) is 210 Å². The van der Waals surface area contributed by atoms with Crippen LogP contribution in [0.25, 0.3) is 71.7 Å². The molecule has 0 N–H and O–H groups in total. The first-order chi connectivity index (χ1) is 32.5. The number of allylic oxidation sites excluding steroid dienone is 4. The van der Waals surface area contributed by atoms with Gasteiger partial charge in [-0.3, -0.25) is 0 Å². The van der Waals surface area contributed by atoms with Gasteiger partial charge in [0.15, 0.2) is 5.58 Å². The van der Waals surface area contributed by atoms with Crippen LogP contribution in [0.5, 0.6) is 0 Å². The van der Waals surface area contributed by atoms with Crippen molar-refractivity contribution in [2.75, 3.05) is 9.71 Å². The normalized spacial score (nSPS) is 15.0. The third-order valence-corrected chi connectivity index (χ3v) is 14.7. The van der Waals surface area contributed by atoms with Crippen LogP contribution in [0.2, 0.25) is 0 Å². The molecule has 2 aliphatic heterocycles. The second-order valence-corrected chi connectivity index (χ2v) is 18.6. The van der Waals surface area contributed by atoms with Gasteiger partial charge in [-0.25, -0.2) is 0 Å². The number of anilines is 4. The van der Waals surface area contributed by atoms with Gasteiger partial charge in [0.2, 0.25) is 0 Å². The van der Waals surface area contributed by atoms with Crippen molar-refractivity contribution in [1.82, 2.24) is 0 Å². The van der Waals surface area contributed by atoms with Crippen molar-refractivity contribution in [3.05, 3.63) is 223 Å². The highest BCUT2D eigenvalue weighted by Gasteiger charge is 2.49. The Morgan fingerprint density at radius 2 is 1.24 bits per heavy atom. The molecule has 0 amide bonds. The molecule has 0 saturated carbocycles. The van der Waals surface area contributed by atoms with Crippen LogP contribution in [0.4, 0.5) is 22.7 Å². The van der Waals surface area contributed by atoms with E-state index in [1.165, 1.54) is 83.0 Å². The van der Waals surface area contributed by atoms with Gasteiger partial charge in [0.25, 0.3) is 0 Å². The fraction of sp³-hybridized carbons (Fsp3) is 0.0645. The molecule has 4 heteroatoms. The molecule has 66 heavy (non-hydrogen) atoms. The molecule has 0 bridgehead atoms. The first-order valence-corrected chi connectivity index (χ1v) is 23.0. The predicted molar refractivity (Wildman–Crippen MR) is 277 cm³/mol. The number of para-hydroxylation sites is 1. The summed E-state index contributed by atoms with van der Waals surface area (Å²) in [4.78, 5) is 5.08. The van der Waals surface area contributed by atoms with Crippen molar-refractivity contribution in [1.29, 1.82) is 0 Å². The molecule has 9 aromatic carbocycles. The molecule has 3 nitrogen and oxygen atoms in total. The minimum Gasteiger partial charge on any atom is -0.454 e. The van der Waals surface area contributed by atoms with Crippen LogP contribution in [-0.4, -0.2) is 6.85 Å². The Hall–Kier alpha value is -8.26. The van der Waals surface area contributed by atoms with Crippen LogP contribution in [-0.2, 0) is 5.41 Å². The lowest BCUT2D eigenvalue weighted by Gasteiger charge is -2.46. The summed E-state index contributed by atoms with van der Waals surface area (Å²) in [5.74, 6) is 7.38. The molecule has 0 unspecified atom stereocenters. The van der Waals surface area contributed by atoms with Gasteiger partial charge in [0.05, 0.1) is 11.4 Å². The summed E-state index contributed by atoms with van der Waals surface area (Å²) in [5, 5.41) is 4.62. The molecule has 2 aliphatic carbocycles. The monoisotopic (exact) mass is 840 g/mol. The summed E-state index contributed by atoms with van der Waals surface area (Å²) in [6, 6.07) is 69.1. The van der Waals surface area contributed by atoms with Gasteiger partial charge in [-0.2, -0.15) is 0 Å². The number of rotatable bonds is 4. The minimum atomic E-state index is -0.224. The topological polar surface area (TPSA) is 19.6 Å². The summed E-state index contributed by atoms with van der Waals surface area (Å²) < 4.78 is 7.18. The van der Waals surface area contributed by atoms with Crippen molar-refractivity contribution in [2.45, 2.75) is 25.7 Å². The fourth-order valence-corrected chi connectivity index (χ4v) is 11.5. The maximum atomic E-state index is 7.18. The van der Waals surface area contributed by atoms with Crippen molar-refractivity contribution in [2.24, 2.45) is 0 Å². The van der Waals surface area contributed by atoms with Gasteiger partial charge in [-0.1, -0.05) is 171 Å². The summed E-state index contributed by atoms with van der Waals surface area (Å²) in [6.07, 6.45) is 5.17. The Labute approximate surface area is 384 Å². The van der Waals surface area contributed by atoms with E-state index in [1.54, 1.807) is 0 Å². The maximum absolute atomic E-state index is 7.18. The van der Waals surface area contributed by atoms with Gasteiger partial charge in [-0.15, -0.1) is 0 Å². The third-order valence-electron chi connectivity index (χ3n) is 14.7. The molecule has 0 spiro atoms. The van der Waals surface area contributed by atoms with Gasteiger partial charge in [0, 0.05) is 45.2 Å². The highest BCUT2D eigenvalue weighted by molar-refractivity contribution is 6.94.